The summed E-state index contributed by atoms with van der Waals surface area (Å²) in [7, 11) is 0. The van der Waals surface area contributed by atoms with Gasteiger partial charge in [-0.05, 0) is 13.0 Å². The van der Waals surface area contributed by atoms with E-state index in [1.165, 1.54) is 25.2 Å². The Balaban J connectivity index is 0. The molecule has 0 bridgehead atoms. The molecule has 0 aromatic heterocycles. The van der Waals surface area contributed by atoms with Gasteiger partial charge in [0.05, 0.1) is 5.76 Å². The number of hydrogen-bond donors (Lipinski definition) is 2. The zero-order valence-corrected chi connectivity index (χ0v) is 7.33. The Hall–Kier alpha value is -1.18. The van der Waals surface area contributed by atoms with Gasteiger partial charge in [0.15, 0.2) is 0 Å². The third kappa shape index (κ3) is 12.1. The molecule has 2 heteroatoms. The van der Waals surface area contributed by atoms with Crippen LogP contribution in [0.5, 0.6) is 0 Å². The lowest BCUT2D eigenvalue weighted by molar-refractivity contribution is 0.393. The van der Waals surface area contributed by atoms with E-state index in [0.29, 0.717) is 0 Å². The third-order valence-electron chi connectivity index (χ3n) is 0.645. The summed E-state index contributed by atoms with van der Waals surface area (Å²) in [5, 5.41) is 17.3. The van der Waals surface area contributed by atoms with Gasteiger partial charge in [0.2, 0.25) is 0 Å². The minimum atomic E-state index is 0.00463. The minimum Gasteiger partial charge on any atom is -0.512 e. The molecule has 0 aliphatic rings. The van der Waals surface area contributed by atoms with Gasteiger partial charge in [-0.25, -0.2) is 0 Å². The summed E-state index contributed by atoms with van der Waals surface area (Å²) in [6, 6.07) is 0. The fourth-order valence-electron chi connectivity index (χ4n) is 0.383. The maximum Gasteiger partial charge on any atom is 0.118 e. The van der Waals surface area contributed by atoms with Crippen LogP contribution in [0.1, 0.15) is 20.8 Å². The van der Waals surface area contributed by atoms with E-state index in [2.05, 4.69) is 6.58 Å². The highest BCUT2D eigenvalue weighted by Crippen LogP contribution is 1.94. The predicted octanol–water partition coefficient (Wildman–Crippen LogP) is 3.10. The molecular formula is C9H16O2. The molecule has 0 heterocycles. The van der Waals surface area contributed by atoms with E-state index in [1.54, 1.807) is 0 Å². The van der Waals surface area contributed by atoms with Gasteiger partial charge in [0.25, 0.3) is 0 Å². The van der Waals surface area contributed by atoms with E-state index in [4.69, 9.17) is 10.2 Å². The van der Waals surface area contributed by atoms with E-state index in [9.17, 15) is 0 Å². The van der Waals surface area contributed by atoms with Crippen LogP contribution in [0.3, 0.4) is 0 Å². The van der Waals surface area contributed by atoms with Crippen LogP contribution in [0.15, 0.2) is 36.3 Å². The molecule has 0 aliphatic heterocycles. The summed E-state index contributed by atoms with van der Waals surface area (Å²) in [6.45, 7) is 8.84. The fourth-order valence-corrected chi connectivity index (χ4v) is 0.383. The number of rotatable bonds is 2. The summed E-state index contributed by atoms with van der Waals surface area (Å²) in [4.78, 5) is 0. The summed E-state index contributed by atoms with van der Waals surface area (Å²) < 4.78 is 0. The zero-order valence-electron chi connectivity index (χ0n) is 7.33. The largest absolute Gasteiger partial charge is 0.512 e. The molecule has 0 rings (SSSR count). The molecule has 0 aromatic rings. The molecule has 2 N–H and O–H groups in total. The second-order valence-electron chi connectivity index (χ2n) is 1.61. The van der Waals surface area contributed by atoms with Crippen LogP contribution in [-0.4, -0.2) is 10.2 Å². The quantitative estimate of drug-likeness (QED) is 0.476. The third-order valence-corrected chi connectivity index (χ3v) is 0.645. The molecule has 0 radical (unpaired) electrons. The lowest BCUT2D eigenvalue weighted by atomic mass is 10.4. The van der Waals surface area contributed by atoms with Crippen LogP contribution in [0.25, 0.3) is 0 Å². The number of hydrogen-bond acceptors (Lipinski definition) is 2. The maximum atomic E-state index is 8.77. The van der Waals surface area contributed by atoms with Crippen LogP contribution >= 0.6 is 0 Å². The van der Waals surface area contributed by atoms with Gasteiger partial charge in [0, 0.05) is 6.08 Å². The van der Waals surface area contributed by atoms with E-state index < -0.39 is 0 Å². The van der Waals surface area contributed by atoms with Crippen molar-refractivity contribution in [1.82, 2.24) is 0 Å². The Morgan fingerprint density at radius 3 is 2.00 bits per heavy atom. The van der Waals surface area contributed by atoms with Gasteiger partial charge >= 0.3 is 0 Å². The number of aliphatic hydroxyl groups is 2. The van der Waals surface area contributed by atoms with Crippen molar-refractivity contribution in [2.24, 2.45) is 0 Å². The fraction of sp³-hybridized carbons (Fsp3) is 0.333. The summed E-state index contributed by atoms with van der Waals surface area (Å²) in [5.74, 6) is 0.0793. The SMILES string of the molecule is C=C/C=C(O)\C=C(/C)O.CC. The number of allylic oxidation sites excluding steroid dienone is 4. The average molecular weight is 156 g/mol. The predicted molar refractivity (Wildman–Crippen MR) is 48.6 cm³/mol. The van der Waals surface area contributed by atoms with Crippen molar-refractivity contribution in [2.75, 3.05) is 0 Å². The molecule has 0 saturated carbocycles. The van der Waals surface area contributed by atoms with Crippen molar-refractivity contribution in [3.8, 4) is 0 Å². The lowest BCUT2D eigenvalue weighted by Crippen LogP contribution is -1.75. The second-order valence-corrected chi connectivity index (χ2v) is 1.61. The molecule has 0 aliphatic carbocycles. The van der Waals surface area contributed by atoms with Crippen LogP contribution < -0.4 is 0 Å². The highest BCUT2D eigenvalue weighted by Gasteiger charge is 1.83. The second kappa shape index (κ2) is 8.82. The smallest absolute Gasteiger partial charge is 0.118 e. The van der Waals surface area contributed by atoms with Crippen LogP contribution in [-0.2, 0) is 0 Å². The summed E-state index contributed by atoms with van der Waals surface area (Å²) in [6.07, 6.45) is 4.07. The van der Waals surface area contributed by atoms with Gasteiger partial charge in [-0.15, -0.1) is 0 Å². The zero-order chi connectivity index (χ0) is 9.28. The van der Waals surface area contributed by atoms with Gasteiger partial charge in [0.1, 0.15) is 5.76 Å². The lowest BCUT2D eigenvalue weighted by Gasteiger charge is -1.87. The highest BCUT2D eigenvalue weighted by molar-refractivity contribution is 5.16. The van der Waals surface area contributed by atoms with Crippen LogP contribution in [0.4, 0.5) is 0 Å². The standard InChI is InChI=1S/C7H10O2.C2H6/c1-3-4-7(9)5-6(2)8;1-2/h3-5,8-9H,1H2,2H3;1-2H3/b6-5+,7-4+;. The molecule has 0 saturated heterocycles. The maximum absolute atomic E-state index is 8.77. The van der Waals surface area contributed by atoms with E-state index >= 15 is 0 Å². The van der Waals surface area contributed by atoms with Crippen molar-refractivity contribution in [2.45, 2.75) is 20.8 Å². The molecule has 11 heavy (non-hydrogen) atoms. The molecule has 0 atom stereocenters. The Kier molecular flexibility index (Phi) is 10.0. The van der Waals surface area contributed by atoms with E-state index in [1.807, 2.05) is 13.8 Å². The van der Waals surface area contributed by atoms with Gasteiger partial charge in [-0.1, -0.05) is 26.5 Å². The van der Waals surface area contributed by atoms with Gasteiger partial charge < -0.3 is 10.2 Å². The van der Waals surface area contributed by atoms with Crippen molar-refractivity contribution in [1.29, 1.82) is 0 Å². The Morgan fingerprint density at radius 1 is 1.27 bits per heavy atom. The van der Waals surface area contributed by atoms with Crippen LogP contribution in [0.2, 0.25) is 0 Å². The normalized spacial score (nSPS) is 11.5. The van der Waals surface area contributed by atoms with Crippen molar-refractivity contribution < 1.29 is 10.2 Å². The van der Waals surface area contributed by atoms with E-state index in [0.717, 1.165) is 0 Å². The topological polar surface area (TPSA) is 40.5 Å². The van der Waals surface area contributed by atoms with Crippen molar-refractivity contribution in [3.05, 3.63) is 36.3 Å². The van der Waals surface area contributed by atoms with Gasteiger partial charge in [-0.3, -0.25) is 0 Å². The Labute approximate surface area is 68.2 Å². The van der Waals surface area contributed by atoms with Gasteiger partial charge in [-0.2, -0.15) is 0 Å². The highest BCUT2D eigenvalue weighted by atomic mass is 16.3. The van der Waals surface area contributed by atoms with Crippen LogP contribution in [0, 0.1) is 0 Å². The average Bonchev–Trinajstić information content (AvgIpc) is 1.91. The summed E-state index contributed by atoms with van der Waals surface area (Å²) in [5.41, 5.74) is 0. The Bertz CT molecular complexity index is 151. The molecule has 0 spiro atoms. The first-order chi connectivity index (χ1) is 5.16. The first-order valence-corrected chi connectivity index (χ1v) is 3.55. The molecule has 2 nitrogen and oxygen atoms in total. The monoisotopic (exact) mass is 156 g/mol. The molecule has 0 unspecified atom stereocenters. The minimum absolute atomic E-state index is 0.00463. The van der Waals surface area contributed by atoms with E-state index in [-0.39, 0.29) is 11.5 Å². The first kappa shape index (κ1) is 12.5. The Morgan fingerprint density at radius 2 is 1.73 bits per heavy atom. The van der Waals surface area contributed by atoms with Crippen molar-refractivity contribution >= 4 is 0 Å². The molecule has 0 fully saturated rings. The number of aliphatic hydroxyl groups excluding tert-OH is 2. The molecular weight excluding hydrogens is 140 g/mol. The molecule has 0 amide bonds. The molecule has 0 aromatic carbocycles. The molecule has 64 valence electrons. The first-order valence-electron chi connectivity index (χ1n) is 3.55. The van der Waals surface area contributed by atoms with Crippen molar-refractivity contribution in [3.63, 3.8) is 0 Å². The summed E-state index contributed by atoms with van der Waals surface area (Å²) >= 11 is 0.